The number of aromatic nitrogens is 1. The van der Waals surface area contributed by atoms with Crippen LogP contribution in [-0.4, -0.2) is 50.3 Å². The van der Waals surface area contributed by atoms with E-state index in [9.17, 15) is 9.18 Å². The fourth-order valence-electron chi connectivity index (χ4n) is 3.00. The van der Waals surface area contributed by atoms with Gasteiger partial charge in [0.1, 0.15) is 18.9 Å². The van der Waals surface area contributed by atoms with Crippen molar-refractivity contribution in [1.29, 1.82) is 0 Å². The Labute approximate surface area is 158 Å². The molecule has 0 bridgehead atoms. The number of hydrogen-bond acceptors (Lipinski definition) is 5. The summed E-state index contributed by atoms with van der Waals surface area (Å²) in [5.41, 5.74) is 0.717. The summed E-state index contributed by atoms with van der Waals surface area (Å²) < 4.78 is 19.7. The molecule has 5 nitrogen and oxygen atoms in total. The van der Waals surface area contributed by atoms with E-state index in [-0.39, 0.29) is 11.7 Å². The summed E-state index contributed by atoms with van der Waals surface area (Å²) in [6, 6.07) is 8.23. The van der Waals surface area contributed by atoms with Gasteiger partial charge in [-0.1, -0.05) is 17.4 Å². The minimum Gasteiger partial charge on any atom is -0.370 e. The van der Waals surface area contributed by atoms with Gasteiger partial charge in [-0.15, -0.1) is 11.3 Å². The highest BCUT2D eigenvalue weighted by Gasteiger charge is 2.24. The Bertz CT molecular complexity index is 891. The van der Waals surface area contributed by atoms with Gasteiger partial charge in [0, 0.05) is 0 Å². The second-order valence-corrected chi connectivity index (χ2v) is 8.11. The number of carbonyl (C=O) groups is 1. The maximum Gasteiger partial charge on any atom is 0.270 e. The van der Waals surface area contributed by atoms with E-state index < -0.39 is 0 Å². The Morgan fingerprint density at radius 1 is 1.31 bits per heavy atom. The van der Waals surface area contributed by atoms with Crippen LogP contribution in [0.25, 0.3) is 10.2 Å². The molecular formula is C18H19FN3O2S2+. The number of quaternary nitrogens is 1. The molecule has 8 heteroatoms. The van der Waals surface area contributed by atoms with Crippen LogP contribution in [0.1, 0.15) is 9.67 Å². The van der Waals surface area contributed by atoms with Crippen molar-refractivity contribution in [1.82, 2.24) is 4.98 Å². The number of amides is 1. The van der Waals surface area contributed by atoms with E-state index >= 15 is 0 Å². The van der Waals surface area contributed by atoms with Crippen LogP contribution in [0.2, 0.25) is 0 Å². The molecule has 26 heavy (non-hydrogen) atoms. The number of carbonyl (C=O) groups excluding carboxylic acids is 1. The third-order valence-electron chi connectivity index (χ3n) is 4.44. The highest BCUT2D eigenvalue weighted by atomic mass is 32.1. The number of benzene rings is 1. The summed E-state index contributed by atoms with van der Waals surface area (Å²) in [6.45, 7) is 4.83. The van der Waals surface area contributed by atoms with Crippen molar-refractivity contribution in [2.75, 3.05) is 44.3 Å². The second kappa shape index (κ2) is 7.79. The molecule has 1 saturated heterocycles. The summed E-state index contributed by atoms with van der Waals surface area (Å²) in [5.74, 6) is -0.339. The summed E-state index contributed by atoms with van der Waals surface area (Å²) in [6.07, 6.45) is 0. The topological polar surface area (TPSA) is 46.9 Å². The Balaban J connectivity index is 1.60. The number of thiazole rings is 1. The monoisotopic (exact) mass is 392 g/mol. The van der Waals surface area contributed by atoms with Crippen molar-refractivity contribution in [2.45, 2.75) is 0 Å². The molecule has 3 aromatic rings. The molecule has 0 radical (unpaired) electrons. The van der Waals surface area contributed by atoms with E-state index in [0.29, 0.717) is 22.1 Å². The Hall–Kier alpha value is -1.87. The molecule has 1 fully saturated rings. The zero-order valence-electron chi connectivity index (χ0n) is 14.1. The predicted octanol–water partition coefficient (Wildman–Crippen LogP) is 2.06. The first kappa shape index (κ1) is 17.5. The van der Waals surface area contributed by atoms with Gasteiger partial charge < -0.3 is 9.64 Å². The van der Waals surface area contributed by atoms with Gasteiger partial charge >= 0.3 is 0 Å². The Morgan fingerprint density at radius 3 is 2.92 bits per heavy atom. The normalized spacial score (nSPS) is 15.4. The van der Waals surface area contributed by atoms with Crippen LogP contribution in [0.3, 0.4) is 0 Å². The number of nitrogens with zero attached hydrogens (tertiary/aromatic N) is 2. The van der Waals surface area contributed by atoms with Crippen LogP contribution >= 0.6 is 22.7 Å². The zero-order valence-corrected chi connectivity index (χ0v) is 15.7. The number of hydrogen-bond donors (Lipinski definition) is 1. The summed E-state index contributed by atoms with van der Waals surface area (Å²) in [7, 11) is 0. The number of ether oxygens (including phenoxy) is 1. The highest BCUT2D eigenvalue weighted by molar-refractivity contribution is 7.22. The van der Waals surface area contributed by atoms with E-state index in [1.165, 1.54) is 39.7 Å². The minimum absolute atomic E-state index is 0.0489. The molecule has 0 unspecified atom stereocenters. The third-order valence-corrected chi connectivity index (χ3v) is 6.34. The lowest BCUT2D eigenvalue weighted by Gasteiger charge is -2.26. The van der Waals surface area contributed by atoms with Crippen LogP contribution < -0.4 is 9.80 Å². The van der Waals surface area contributed by atoms with Gasteiger partial charge in [-0.25, -0.2) is 9.37 Å². The first-order valence-corrected chi connectivity index (χ1v) is 10.2. The molecular weight excluding hydrogens is 373 g/mol. The molecule has 0 aliphatic carbocycles. The molecule has 0 spiro atoms. The highest BCUT2D eigenvalue weighted by Crippen LogP contribution is 2.30. The van der Waals surface area contributed by atoms with Gasteiger partial charge in [-0.3, -0.25) is 9.69 Å². The third kappa shape index (κ3) is 3.78. The van der Waals surface area contributed by atoms with E-state index in [0.717, 1.165) is 37.5 Å². The van der Waals surface area contributed by atoms with Gasteiger partial charge in [0.25, 0.3) is 5.91 Å². The summed E-state index contributed by atoms with van der Waals surface area (Å²) >= 11 is 2.78. The average molecular weight is 393 g/mol. The quantitative estimate of drug-likeness (QED) is 0.723. The van der Waals surface area contributed by atoms with Crippen LogP contribution in [0.4, 0.5) is 9.52 Å². The smallest absolute Gasteiger partial charge is 0.270 e. The molecule has 4 rings (SSSR count). The van der Waals surface area contributed by atoms with Crippen LogP contribution in [-0.2, 0) is 4.74 Å². The lowest BCUT2D eigenvalue weighted by molar-refractivity contribution is -0.906. The maximum atomic E-state index is 13.5. The molecule has 1 N–H and O–H groups in total. The van der Waals surface area contributed by atoms with Gasteiger partial charge in [-0.2, -0.15) is 0 Å². The fourth-order valence-corrected chi connectivity index (χ4v) is 4.69. The molecule has 3 heterocycles. The average Bonchev–Trinajstić information content (AvgIpc) is 3.32. The fraction of sp³-hybridized carbons (Fsp3) is 0.333. The van der Waals surface area contributed by atoms with E-state index in [2.05, 4.69) is 4.98 Å². The standard InChI is InChI=1S/C18H18FN3O2S2/c19-13-3-4-14-16(12-13)26-18(20-14)22(17(23)15-2-1-11-25-15)6-5-21-7-9-24-10-8-21/h1-4,11-12H,5-10H2/p+1. The number of halogens is 1. The van der Waals surface area contributed by atoms with Crippen LogP contribution in [0.5, 0.6) is 0 Å². The largest absolute Gasteiger partial charge is 0.370 e. The minimum atomic E-state index is -0.290. The lowest BCUT2D eigenvalue weighted by Crippen LogP contribution is -3.14. The number of thiophene rings is 1. The van der Waals surface area contributed by atoms with E-state index in [1.807, 2.05) is 17.5 Å². The summed E-state index contributed by atoms with van der Waals surface area (Å²) in [5, 5.41) is 2.52. The molecule has 1 aromatic carbocycles. The molecule has 1 aliphatic rings. The number of rotatable bonds is 5. The summed E-state index contributed by atoms with van der Waals surface area (Å²) in [4.78, 5) is 21.4. The molecule has 2 aromatic heterocycles. The molecule has 0 atom stereocenters. The van der Waals surface area contributed by atoms with Gasteiger partial charge in [0.2, 0.25) is 0 Å². The van der Waals surface area contributed by atoms with E-state index in [4.69, 9.17) is 4.74 Å². The zero-order chi connectivity index (χ0) is 17.9. The van der Waals surface area contributed by atoms with Gasteiger partial charge in [-0.05, 0) is 29.6 Å². The van der Waals surface area contributed by atoms with Crippen LogP contribution in [0, 0.1) is 5.82 Å². The van der Waals surface area contributed by atoms with Crippen molar-refractivity contribution in [3.05, 3.63) is 46.4 Å². The maximum absolute atomic E-state index is 13.5. The van der Waals surface area contributed by atoms with Gasteiger partial charge in [0.15, 0.2) is 5.13 Å². The van der Waals surface area contributed by atoms with Gasteiger partial charge in [0.05, 0.1) is 41.4 Å². The van der Waals surface area contributed by atoms with Crippen LogP contribution in [0.15, 0.2) is 35.7 Å². The van der Waals surface area contributed by atoms with Crippen molar-refractivity contribution in [2.24, 2.45) is 0 Å². The van der Waals surface area contributed by atoms with Crippen molar-refractivity contribution < 1.29 is 18.8 Å². The number of nitrogens with one attached hydrogen (secondary N) is 1. The number of anilines is 1. The lowest BCUT2D eigenvalue weighted by atomic mass is 10.3. The molecule has 1 amide bonds. The Kier molecular flexibility index (Phi) is 5.26. The first-order chi connectivity index (χ1) is 12.7. The van der Waals surface area contributed by atoms with E-state index in [1.54, 1.807) is 11.0 Å². The molecule has 136 valence electrons. The predicted molar refractivity (Wildman–Crippen MR) is 102 cm³/mol. The van der Waals surface area contributed by atoms with Crippen molar-refractivity contribution in [3.8, 4) is 0 Å². The molecule has 1 aliphatic heterocycles. The number of morpholine rings is 1. The second-order valence-electron chi connectivity index (χ2n) is 6.15. The first-order valence-electron chi connectivity index (χ1n) is 8.53. The SMILES string of the molecule is O=C(c1cccs1)N(CC[NH+]1CCOCC1)c1nc2ccc(F)cc2s1. The molecule has 0 saturated carbocycles. The number of fused-ring (bicyclic) bond motifs is 1. The Morgan fingerprint density at radius 2 is 2.15 bits per heavy atom. The van der Waals surface area contributed by atoms with Crippen molar-refractivity contribution in [3.63, 3.8) is 0 Å². The van der Waals surface area contributed by atoms with Crippen molar-refractivity contribution >= 4 is 43.9 Å².